The first-order valence-electron chi connectivity index (χ1n) is 9.60. The van der Waals surface area contributed by atoms with E-state index >= 15 is 0 Å². The SMILES string of the molecule is C[C@H](/C(O)=C(\C#N)c1nc2ccccc2[nH]1)[NH+]1CCN(c2ccccc2)CC1. The number of nitriles is 1. The molecule has 0 unspecified atom stereocenters. The number of aromatic amines is 1. The number of aromatic nitrogens is 2. The minimum absolute atomic E-state index is 0.102. The van der Waals surface area contributed by atoms with E-state index in [0.717, 1.165) is 37.2 Å². The Bertz CT molecular complexity index is 993. The van der Waals surface area contributed by atoms with Crippen LogP contribution in [0.25, 0.3) is 16.6 Å². The second-order valence-corrected chi connectivity index (χ2v) is 7.18. The number of aliphatic hydroxyl groups excluding tert-OH is 1. The van der Waals surface area contributed by atoms with Crippen molar-refractivity contribution in [2.75, 3.05) is 31.1 Å². The average Bonchev–Trinajstić information content (AvgIpc) is 3.18. The third-order valence-electron chi connectivity index (χ3n) is 5.54. The van der Waals surface area contributed by atoms with E-state index in [-0.39, 0.29) is 17.4 Å². The molecule has 2 aromatic carbocycles. The highest BCUT2D eigenvalue weighted by molar-refractivity contribution is 5.82. The first-order chi connectivity index (χ1) is 13.7. The van der Waals surface area contributed by atoms with E-state index in [1.165, 1.54) is 10.6 Å². The van der Waals surface area contributed by atoms with E-state index in [4.69, 9.17) is 0 Å². The number of imidazole rings is 1. The number of aliphatic hydroxyl groups is 1. The van der Waals surface area contributed by atoms with Crippen molar-refractivity contribution in [3.8, 4) is 6.07 Å². The van der Waals surface area contributed by atoms with Gasteiger partial charge in [0.05, 0.1) is 37.2 Å². The molecule has 1 atom stereocenters. The van der Waals surface area contributed by atoms with Crippen LogP contribution in [-0.2, 0) is 0 Å². The van der Waals surface area contributed by atoms with Crippen molar-refractivity contribution in [1.29, 1.82) is 5.26 Å². The minimum atomic E-state index is -0.166. The molecule has 4 rings (SSSR count). The highest BCUT2D eigenvalue weighted by atomic mass is 16.3. The molecule has 1 saturated heterocycles. The number of rotatable bonds is 4. The molecular weight excluding hydrogens is 350 g/mol. The van der Waals surface area contributed by atoms with Gasteiger partial charge in [0.25, 0.3) is 0 Å². The third-order valence-corrected chi connectivity index (χ3v) is 5.54. The molecule has 1 aromatic heterocycles. The van der Waals surface area contributed by atoms with Crippen LogP contribution < -0.4 is 9.80 Å². The number of para-hydroxylation sites is 3. The summed E-state index contributed by atoms with van der Waals surface area (Å²) >= 11 is 0. The van der Waals surface area contributed by atoms with Gasteiger partial charge in [0.2, 0.25) is 0 Å². The summed E-state index contributed by atoms with van der Waals surface area (Å²) < 4.78 is 0. The normalized spacial score (nSPS) is 17.2. The number of hydrogen-bond donors (Lipinski definition) is 3. The van der Waals surface area contributed by atoms with Crippen LogP contribution in [0, 0.1) is 11.3 Å². The number of fused-ring (bicyclic) bond motifs is 1. The van der Waals surface area contributed by atoms with Gasteiger partial charge >= 0.3 is 0 Å². The van der Waals surface area contributed by atoms with Gasteiger partial charge in [-0.15, -0.1) is 0 Å². The van der Waals surface area contributed by atoms with Gasteiger partial charge in [0.1, 0.15) is 17.7 Å². The van der Waals surface area contributed by atoms with Crippen LogP contribution in [0.15, 0.2) is 60.4 Å². The van der Waals surface area contributed by atoms with E-state index in [2.05, 4.69) is 45.2 Å². The Hall–Kier alpha value is -3.30. The van der Waals surface area contributed by atoms with Crippen molar-refractivity contribution in [3.05, 3.63) is 66.2 Å². The standard InChI is InChI=1S/C22H23N5O/c1-16(26-11-13-27(14-12-26)17-7-3-2-4-8-17)21(28)18(15-23)22-24-19-9-5-6-10-20(19)25-22/h2-10,16,28H,11-14H2,1H3,(H,24,25)/p+1/b21-18-/t16-/m1/s1. The van der Waals surface area contributed by atoms with Crippen LogP contribution in [0.5, 0.6) is 0 Å². The summed E-state index contributed by atoms with van der Waals surface area (Å²) in [6.45, 7) is 5.62. The molecule has 0 bridgehead atoms. The lowest BCUT2D eigenvalue weighted by molar-refractivity contribution is -0.919. The zero-order valence-electron chi connectivity index (χ0n) is 15.9. The lowest BCUT2D eigenvalue weighted by atomic mass is 10.1. The number of nitrogens with zero attached hydrogens (tertiary/aromatic N) is 3. The number of anilines is 1. The maximum absolute atomic E-state index is 10.9. The number of piperazine rings is 1. The van der Waals surface area contributed by atoms with Gasteiger partial charge in [-0.05, 0) is 31.2 Å². The second-order valence-electron chi connectivity index (χ2n) is 7.18. The van der Waals surface area contributed by atoms with Crippen LogP contribution in [0.4, 0.5) is 5.69 Å². The molecular formula is C22H24N5O+. The number of quaternary nitrogens is 1. The zero-order chi connectivity index (χ0) is 19.5. The number of hydrogen-bond acceptors (Lipinski definition) is 4. The Balaban J connectivity index is 1.51. The first-order valence-corrected chi connectivity index (χ1v) is 9.60. The molecule has 6 nitrogen and oxygen atoms in total. The zero-order valence-corrected chi connectivity index (χ0v) is 15.9. The van der Waals surface area contributed by atoms with Gasteiger partial charge in [0, 0.05) is 5.69 Å². The highest BCUT2D eigenvalue weighted by Gasteiger charge is 2.29. The fourth-order valence-corrected chi connectivity index (χ4v) is 3.84. The van der Waals surface area contributed by atoms with Crippen molar-refractivity contribution in [2.45, 2.75) is 13.0 Å². The second kappa shape index (κ2) is 7.75. The van der Waals surface area contributed by atoms with E-state index in [9.17, 15) is 10.4 Å². The van der Waals surface area contributed by atoms with Crippen LogP contribution in [-0.4, -0.2) is 47.3 Å². The fourth-order valence-electron chi connectivity index (χ4n) is 3.84. The van der Waals surface area contributed by atoms with E-state index in [1.54, 1.807) is 0 Å². The van der Waals surface area contributed by atoms with E-state index in [0.29, 0.717) is 5.82 Å². The smallest absolute Gasteiger partial charge is 0.172 e. The third kappa shape index (κ3) is 3.45. The molecule has 0 aliphatic carbocycles. The Morgan fingerprint density at radius 1 is 1.14 bits per heavy atom. The van der Waals surface area contributed by atoms with Crippen molar-refractivity contribution in [2.24, 2.45) is 0 Å². The summed E-state index contributed by atoms with van der Waals surface area (Å²) in [5.74, 6) is 0.528. The van der Waals surface area contributed by atoms with Crippen molar-refractivity contribution < 1.29 is 10.0 Å². The molecule has 3 aromatic rings. The molecule has 28 heavy (non-hydrogen) atoms. The molecule has 0 saturated carbocycles. The molecule has 0 amide bonds. The predicted octanol–water partition coefficient (Wildman–Crippen LogP) is 2.15. The fraction of sp³-hybridized carbons (Fsp3) is 0.273. The number of nitrogens with one attached hydrogen (secondary N) is 2. The Morgan fingerprint density at radius 2 is 1.82 bits per heavy atom. The van der Waals surface area contributed by atoms with E-state index < -0.39 is 0 Å². The summed E-state index contributed by atoms with van der Waals surface area (Å²) in [5.41, 5.74) is 3.10. The van der Waals surface area contributed by atoms with Crippen molar-refractivity contribution in [3.63, 3.8) is 0 Å². The topological polar surface area (TPSA) is 80.4 Å². The Kier molecular flexibility index (Phi) is 5.00. The summed E-state index contributed by atoms with van der Waals surface area (Å²) in [5, 5.41) is 20.5. The number of allylic oxidation sites excluding steroid dienone is 1. The quantitative estimate of drug-likeness (QED) is 0.483. The van der Waals surface area contributed by atoms with Crippen LogP contribution in [0.1, 0.15) is 12.7 Å². The average molecular weight is 374 g/mol. The molecule has 2 heterocycles. The lowest BCUT2D eigenvalue weighted by Crippen LogP contribution is -3.18. The monoisotopic (exact) mass is 374 g/mol. The van der Waals surface area contributed by atoms with Gasteiger partial charge in [-0.3, -0.25) is 0 Å². The molecule has 1 aliphatic rings. The summed E-state index contributed by atoms with van der Waals surface area (Å²) in [6, 6.07) is 20.0. The summed E-state index contributed by atoms with van der Waals surface area (Å²) in [4.78, 5) is 11.3. The van der Waals surface area contributed by atoms with Crippen LogP contribution in [0.3, 0.4) is 0 Å². The molecule has 3 N–H and O–H groups in total. The van der Waals surface area contributed by atoms with Crippen molar-refractivity contribution in [1.82, 2.24) is 9.97 Å². The molecule has 142 valence electrons. The van der Waals surface area contributed by atoms with Crippen LogP contribution >= 0.6 is 0 Å². The number of H-pyrrole nitrogens is 1. The van der Waals surface area contributed by atoms with Crippen molar-refractivity contribution >= 4 is 22.3 Å². The summed E-state index contributed by atoms with van der Waals surface area (Å²) in [6.07, 6.45) is 0. The molecule has 0 spiro atoms. The van der Waals surface area contributed by atoms with E-state index in [1.807, 2.05) is 37.3 Å². The molecule has 6 heteroatoms. The minimum Gasteiger partial charge on any atom is -0.505 e. The lowest BCUT2D eigenvalue weighted by Gasteiger charge is -2.36. The number of benzene rings is 2. The maximum Gasteiger partial charge on any atom is 0.172 e. The largest absolute Gasteiger partial charge is 0.505 e. The predicted molar refractivity (Wildman–Crippen MR) is 110 cm³/mol. The molecule has 0 radical (unpaired) electrons. The van der Waals surface area contributed by atoms with Gasteiger partial charge in [0.15, 0.2) is 11.6 Å². The highest BCUT2D eigenvalue weighted by Crippen LogP contribution is 2.20. The molecule has 1 fully saturated rings. The van der Waals surface area contributed by atoms with Gasteiger partial charge < -0.3 is 19.9 Å². The maximum atomic E-state index is 10.9. The molecule has 1 aliphatic heterocycles. The van der Waals surface area contributed by atoms with Crippen LogP contribution in [0.2, 0.25) is 0 Å². The first kappa shape index (κ1) is 18.1. The Labute approximate surface area is 164 Å². The van der Waals surface area contributed by atoms with Gasteiger partial charge in [-0.25, -0.2) is 4.98 Å². The van der Waals surface area contributed by atoms with Gasteiger partial charge in [-0.2, -0.15) is 5.26 Å². The van der Waals surface area contributed by atoms with Gasteiger partial charge in [-0.1, -0.05) is 30.3 Å². The summed E-state index contributed by atoms with van der Waals surface area (Å²) in [7, 11) is 0. The Morgan fingerprint density at radius 3 is 2.50 bits per heavy atom.